The molecule has 0 spiro atoms. The smallest absolute Gasteiger partial charge is 0.191 e. The maximum atomic E-state index is 4.53. The predicted octanol–water partition coefficient (Wildman–Crippen LogP) is 2.26. The van der Waals surface area contributed by atoms with E-state index in [0.717, 1.165) is 30.5 Å². The molecule has 1 heterocycles. The third-order valence-corrected chi connectivity index (χ3v) is 3.80. The molecule has 0 aliphatic carbocycles. The lowest BCUT2D eigenvalue weighted by Gasteiger charge is -2.10. The van der Waals surface area contributed by atoms with Gasteiger partial charge in [0.15, 0.2) is 5.96 Å². The molecule has 4 nitrogen and oxygen atoms in total. The molecule has 0 amide bonds. The van der Waals surface area contributed by atoms with Gasteiger partial charge in [-0.05, 0) is 32.3 Å². The Labute approximate surface area is 118 Å². The Morgan fingerprint density at radius 3 is 2.94 bits per heavy atom. The van der Waals surface area contributed by atoms with Gasteiger partial charge in [0.2, 0.25) is 0 Å². The second kappa shape index (κ2) is 9.22. The molecule has 0 fully saturated rings. The number of rotatable bonds is 7. The van der Waals surface area contributed by atoms with Crippen molar-refractivity contribution in [3.8, 4) is 0 Å². The first-order valence-corrected chi connectivity index (χ1v) is 8.39. The van der Waals surface area contributed by atoms with E-state index in [-0.39, 0.29) is 0 Å². The molecule has 1 aromatic rings. The summed E-state index contributed by atoms with van der Waals surface area (Å²) in [7, 11) is 0. The van der Waals surface area contributed by atoms with Gasteiger partial charge in [-0.2, -0.15) is 11.8 Å². The van der Waals surface area contributed by atoms with Gasteiger partial charge < -0.3 is 10.6 Å². The highest BCUT2D eigenvalue weighted by molar-refractivity contribution is 7.98. The molecule has 2 N–H and O–H groups in total. The SMILES string of the molecule is CCNC(=NCc1ncc(C)s1)NCCCSC. The normalized spacial score (nSPS) is 11.6. The quantitative estimate of drug-likeness (QED) is 0.458. The lowest BCUT2D eigenvalue weighted by atomic mass is 10.5. The molecule has 0 atom stereocenters. The number of nitrogens with one attached hydrogen (secondary N) is 2. The summed E-state index contributed by atoms with van der Waals surface area (Å²) in [4.78, 5) is 10.1. The van der Waals surface area contributed by atoms with Crippen molar-refractivity contribution in [3.63, 3.8) is 0 Å². The second-order valence-electron chi connectivity index (χ2n) is 3.83. The standard InChI is InChI=1S/C12H22N4S2/c1-4-13-12(14-6-5-7-17-3)16-9-11-15-8-10(2)18-11/h8H,4-7,9H2,1-3H3,(H2,13,14,16). The summed E-state index contributed by atoms with van der Waals surface area (Å²) < 4.78 is 0. The van der Waals surface area contributed by atoms with Gasteiger partial charge in [0.1, 0.15) is 5.01 Å². The molecule has 0 radical (unpaired) electrons. The highest BCUT2D eigenvalue weighted by atomic mass is 32.2. The average Bonchev–Trinajstić information content (AvgIpc) is 2.77. The average molecular weight is 286 g/mol. The molecule has 0 aliphatic rings. The van der Waals surface area contributed by atoms with Crippen LogP contribution in [0.1, 0.15) is 23.2 Å². The number of hydrogen-bond donors (Lipinski definition) is 2. The van der Waals surface area contributed by atoms with Crippen LogP contribution < -0.4 is 10.6 Å². The minimum atomic E-state index is 0.649. The van der Waals surface area contributed by atoms with Gasteiger partial charge in [-0.3, -0.25) is 0 Å². The maximum Gasteiger partial charge on any atom is 0.191 e. The van der Waals surface area contributed by atoms with E-state index in [4.69, 9.17) is 0 Å². The summed E-state index contributed by atoms with van der Waals surface area (Å²) in [5.74, 6) is 2.06. The molecule has 0 aromatic carbocycles. The molecule has 0 aliphatic heterocycles. The van der Waals surface area contributed by atoms with Crippen molar-refractivity contribution >= 4 is 29.1 Å². The number of aromatic nitrogens is 1. The highest BCUT2D eigenvalue weighted by Gasteiger charge is 1.99. The second-order valence-corrected chi connectivity index (χ2v) is 6.14. The molecular weight excluding hydrogens is 264 g/mol. The molecule has 0 bridgehead atoms. The topological polar surface area (TPSA) is 49.3 Å². The summed E-state index contributed by atoms with van der Waals surface area (Å²) in [5.41, 5.74) is 0. The fraction of sp³-hybridized carbons (Fsp3) is 0.667. The number of thiazole rings is 1. The first-order valence-electron chi connectivity index (χ1n) is 6.18. The lowest BCUT2D eigenvalue weighted by Crippen LogP contribution is -2.37. The van der Waals surface area contributed by atoms with Crippen molar-refractivity contribution in [2.75, 3.05) is 25.1 Å². The Kier molecular flexibility index (Phi) is 7.84. The van der Waals surface area contributed by atoms with Gasteiger partial charge in [-0.15, -0.1) is 11.3 Å². The number of thioether (sulfide) groups is 1. The van der Waals surface area contributed by atoms with Crippen LogP contribution in [0, 0.1) is 6.92 Å². The Hall–Kier alpha value is -0.750. The monoisotopic (exact) mass is 286 g/mol. The van der Waals surface area contributed by atoms with Crippen LogP contribution in [0.25, 0.3) is 0 Å². The first-order chi connectivity index (χ1) is 8.76. The van der Waals surface area contributed by atoms with Crippen molar-refractivity contribution < 1.29 is 0 Å². The summed E-state index contributed by atoms with van der Waals surface area (Å²) in [5, 5.41) is 7.64. The molecule has 1 aromatic heterocycles. The van der Waals surface area contributed by atoms with E-state index >= 15 is 0 Å². The van der Waals surface area contributed by atoms with Crippen molar-refractivity contribution in [2.24, 2.45) is 4.99 Å². The largest absolute Gasteiger partial charge is 0.357 e. The number of aliphatic imine (C=N–C) groups is 1. The molecule has 0 saturated heterocycles. The van der Waals surface area contributed by atoms with Crippen LogP contribution in [0.15, 0.2) is 11.2 Å². The molecule has 6 heteroatoms. The molecule has 18 heavy (non-hydrogen) atoms. The van der Waals surface area contributed by atoms with Gasteiger partial charge in [-0.1, -0.05) is 0 Å². The number of aryl methyl sites for hydroxylation is 1. The Bertz CT molecular complexity index is 363. The van der Waals surface area contributed by atoms with Gasteiger partial charge in [0, 0.05) is 24.2 Å². The maximum absolute atomic E-state index is 4.53. The van der Waals surface area contributed by atoms with E-state index in [0.29, 0.717) is 6.54 Å². The summed E-state index contributed by atoms with van der Waals surface area (Å²) >= 11 is 3.57. The fourth-order valence-corrected chi connectivity index (χ4v) is 2.53. The number of hydrogen-bond acceptors (Lipinski definition) is 4. The minimum absolute atomic E-state index is 0.649. The highest BCUT2D eigenvalue weighted by Crippen LogP contribution is 2.11. The van der Waals surface area contributed by atoms with Crippen molar-refractivity contribution in [1.82, 2.24) is 15.6 Å². The third-order valence-electron chi connectivity index (χ3n) is 2.20. The van der Waals surface area contributed by atoms with Crippen LogP contribution in [0.4, 0.5) is 0 Å². The van der Waals surface area contributed by atoms with Crippen molar-refractivity contribution in [1.29, 1.82) is 0 Å². The van der Waals surface area contributed by atoms with Crippen molar-refractivity contribution in [3.05, 3.63) is 16.1 Å². The zero-order chi connectivity index (χ0) is 13.2. The molecule has 0 saturated carbocycles. The summed E-state index contributed by atoms with van der Waals surface area (Å²) in [6, 6.07) is 0. The van der Waals surface area contributed by atoms with E-state index in [1.807, 2.05) is 18.0 Å². The van der Waals surface area contributed by atoms with Gasteiger partial charge >= 0.3 is 0 Å². The van der Waals surface area contributed by atoms with Crippen LogP contribution >= 0.6 is 23.1 Å². The zero-order valence-corrected chi connectivity index (χ0v) is 13.0. The van der Waals surface area contributed by atoms with Crippen LogP contribution in [-0.2, 0) is 6.54 Å². The number of nitrogens with zero attached hydrogens (tertiary/aromatic N) is 2. The minimum Gasteiger partial charge on any atom is -0.357 e. The van der Waals surface area contributed by atoms with E-state index in [2.05, 4.69) is 40.7 Å². The van der Waals surface area contributed by atoms with Gasteiger partial charge in [0.25, 0.3) is 0 Å². The Morgan fingerprint density at radius 2 is 2.33 bits per heavy atom. The van der Waals surface area contributed by atoms with E-state index in [1.54, 1.807) is 11.3 Å². The van der Waals surface area contributed by atoms with Crippen LogP contribution in [-0.4, -0.2) is 36.0 Å². The number of guanidine groups is 1. The fourth-order valence-electron chi connectivity index (χ4n) is 1.39. The van der Waals surface area contributed by atoms with Crippen molar-refractivity contribution in [2.45, 2.75) is 26.8 Å². The summed E-state index contributed by atoms with van der Waals surface area (Å²) in [6.45, 7) is 6.63. The van der Waals surface area contributed by atoms with Gasteiger partial charge in [0.05, 0.1) is 6.54 Å². The van der Waals surface area contributed by atoms with Gasteiger partial charge in [-0.25, -0.2) is 9.98 Å². The molecule has 0 unspecified atom stereocenters. The van der Waals surface area contributed by atoms with E-state index in [9.17, 15) is 0 Å². The first kappa shape index (κ1) is 15.3. The van der Waals surface area contributed by atoms with E-state index in [1.165, 1.54) is 10.6 Å². The Balaban J connectivity index is 2.39. The van der Waals surface area contributed by atoms with Crippen LogP contribution in [0.5, 0.6) is 0 Å². The molecule has 1 rings (SSSR count). The Morgan fingerprint density at radius 1 is 1.50 bits per heavy atom. The molecular formula is C12H22N4S2. The third kappa shape index (κ3) is 6.26. The lowest BCUT2D eigenvalue weighted by molar-refractivity contribution is 0.789. The predicted molar refractivity (Wildman–Crippen MR) is 82.7 cm³/mol. The van der Waals surface area contributed by atoms with Crippen LogP contribution in [0.3, 0.4) is 0 Å². The zero-order valence-electron chi connectivity index (χ0n) is 11.3. The summed E-state index contributed by atoms with van der Waals surface area (Å²) in [6.07, 6.45) is 5.18. The molecule has 102 valence electrons. The van der Waals surface area contributed by atoms with E-state index < -0.39 is 0 Å². The van der Waals surface area contributed by atoms with Crippen LogP contribution in [0.2, 0.25) is 0 Å².